The van der Waals surface area contributed by atoms with Crippen molar-refractivity contribution in [1.82, 2.24) is 9.80 Å². The van der Waals surface area contributed by atoms with Gasteiger partial charge in [0.25, 0.3) is 5.91 Å². The molecule has 1 unspecified atom stereocenters. The molecule has 1 aromatic carbocycles. The van der Waals surface area contributed by atoms with Crippen LogP contribution in [0.4, 0.5) is 5.69 Å². The minimum absolute atomic E-state index is 0.0263. The standard InChI is InChI=1S/C19H22N4O4/c1-14(24)22(7-6-21-8-10-27-11-9-21)17-12-18(25)23(19(17)26)16-4-2-15(13-20)3-5-16/h2-5,17H,6-12H2,1H3. The smallest absolute Gasteiger partial charge is 0.257 e. The monoisotopic (exact) mass is 370 g/mol. The van der Waals surface area contributed by atoms with Gasteiger partial charge in [-0.05, 0) is 24.3 Å². The molecule has 2 heterocycles. The summed E-state index contributed by atoms with van der Waals surface area (Å²) >= 11 is 0. The number of nitrogens with zero attached hydrogens (tertiary/aromatic N) is 4. The Morgan fingerprint density at radius 3 is 2.52 bits per heavy atom. The van der Waals surface area contributed by atoms with Gasteiger partial charge in [-0.25, -0.2) is 4.90 Å². The van der Waals surface area contributed by atoms with E-state index < -0.39 is 11.9 Å². The maximum absolute atomic E-state index is 12.9. The zero-order chi connectivity index (χ0) is 19.4. The summed E-state index contributed by atoms with van der Waals surface area (Å²) in [6.45, 7) is 5.35. The van der Waals surface area contributed by atoms with Crippen LogP contribution >= 0.6 is 0 Å². The molecular formula is C19H22N4O4. The van der Waals surface area contributed by atoms with Gasteiger partial charge in [0.1, 0.15) is 6.04 Å². The minimum Gasteiger partial charge on any atom is -0.379 e. The lowest BCUT2D eigenvalue weighted by molar-refractivity contribution is -0.136. The molecule has 0 spiro atoms. The lowest BCUT2D eigenvalue weighted by atomic mass is 10.2. The minimum atomic E-state index is -0.785. The number of imide groups is 1. The first-order valence-corrected chi connectivity index (χ1v) is 8.95. The summed E-state index contributed by atoms with van der Waals surface area (Å²) < 4.78 is 5.32. The summed E-state index contributed by atoms with van der Waals surface area (Å²) in [5.74, 6) is -0.967. The van der Waals surface area contributed by atoms with E-state index in [1.807, 2.05) is 6.07 Å². The van der Waals surface area contributed by atoms with Crippen LogP contribution in [0.15, 0.2) is 24.3 Å². The zero-order valence-corrected chi connectivity index (χ0v) is 15.3. The number of rotatable bonds is 5. The summed E-state index contributed by atoms with van der Waals surface area (Å²) in [7, 11) is 0. The Kier molecular flexibility index (Phi) is 5.84. The first-order chi connectivity index (χ1) is 13.0. The predicted molar refractivity (Wildman–Crippen MR) is 96.7 cm³/mol. The zero-order valence-electron chi connectivity index (χ0n) is 15.3. The van der Waals surface area contributed by atoms with E-state index in [1.54, 1.807) is 24.3 Å². The first-order valence-electron chi connectivity index (χ1n) is 8.95. The number of hydrogen-bond donors (Lipinski definition) is 0. The van der Waals surface area contributed by atoms with Crippen LogP contribution in [0.1, 0.15) is 18.9 Å². The lowest BCUT2D eigenvalue weighted by Crippen LogP contribution is -2.49. The Morgan fingerprint density at radius 1 is 1.26 bits per heavy atom. The molecule has 1 atom stereocenters. The molecular weight excluding hydrogens is 348 g/mol. The van der Waals surface area contributed by atoms with Crippen molar-refractivity contribution in [3.63, 3.8) is 0 Å². The van der Waals surface area contributed by atoms with Gasteiger partial charge in [-0.15, -0.1) is 0 Å². The number of anilines is 1. The van der Waals surface area contributed by atoms with E-state index in [0.29, 0.717) is 37.6 Å². The van der Waals surface area contributed by atoms with E-state index in [-0.39, 0.29) is 18.2 Å². The number of hydrogen-bond acceptors (Lipinski definition) is 6. The molecule has 3 amide bonds. The molecule has 0 bridgehead atoms. The molecule has 0 saturated carbocycles. The van der Waals surface area contributed by atoms with Crippen molar-refractivity contribution >= 4 is 23.4 Å². The van der Waals surface area contributed by atoms with Gasteiger partial charge in [0.15, 0.2) is 0 Å². The predicted octanol–water partition coefficient (Wildman–Crippen LogP) is 0.371. The number of carbonyl (C=O) groups excluding carboxylic acids is 3. The SMILES string of the molecule is CC(=O)N(CCN1CCOCC1)C1CC(=O)N(c2ccc(C#N)cc2)C1=O. The highest BCUT2D eigenvalue weighted by Crippen LogP contribution is 2.26. The van der Waals surface area contributed by atoms with Gasteiger partial charge in [-0.1, -0.05) is 0 Å². The second-order valence-electron chi connectivity index (χ2n) is 6.61. The van der Waals surface area contributed by atoms with Crippen molar-refractivity contribution in [2.24, 2.45) is 0 Å². The Morgan fingerprint density at radius 2 is 1.93 bits per heavy atom. The van der Waals surface area contributed by atoms with Crippen molar-refractivity contribution in [1.29, 1.82) is 5.26 Å². The van der Waals surface area contributed by atoms with E-state index in [2.05, 4.69) is 4.90 Å². The van der Waals surface area contributed by atoms with E-state index >= 15 is 0 Å². The molecule has 0 N–H and O–H groups in total. The average molecular weight is 370 g/mol. The highest BCUT2D eigenvalue weighted by Gasteiger charge is 2.43. The number of morpholine rings is 1. The largest absolute Gasteiger partial charge is 0.379 e. The summed E-state index contributed by atoms with van der Waals surface area (Å²) in [6, 6.07) is 7.48. The molecule has 2 fully saturated rings. The van der Waals surface area contributed by atoms with Crippen molar-refractivity contribution in [2.75, 3.05) is 44.3 Å². The summed E-state index contributed by atoms with van der Waals surface area (Å²) in [5, 5.41) is 8.89. The summed E-state index contributed by atoms with van der Waals surface area (Å²) in [4.78, 5) is 42.3. The fourth-order valence-electron chi connectivity index (χ4n) is 3.42. The molecule has 2 aliphatic rings. The Bertz CT molecular complexity index is 765. The van der Waals surface area contributed by atoms with Crippen LogP contribution in [0.3, 0.4) is 0 Å². The molecule has 0 aliphatic carbocycles. The quantitative estimate of drug-likeness (QED) is 0.695. The van der Waals surface area contributed by atoms with E-state index in [0.717, 1.165) is 18.0 Å². The van der Waals surface area contributed by atoms with Crippen LogP contribution < -0.4 is 4.90 Å². The fourth-order valence-corrected chi connectivity index (χ4v) is 3.42. The topological polar surface area (TPSA) is 93.9 Å². The van der Waals surface area contributed by atoms with Crippen LogP contribution in [0.25, 0.3) is 0 Å². The van der Waals surface area contributed by atoms with Crippen LogP contribution in [0.2, 0.25) is 0 Å². The van der Waals surface area contributed by atoms with Crippen molar-refractivity contribution in [3.8, 4) is 6.07 Å². The maximum atomic E-state index is 12.9. The molecule has 8 heteroatoms. The third-order valence-electron chi connectivity index (χ3n) is 4.92. The normalized spacial score (nSPS) is 20.6. The van der Waals surface area contributed by atoms with Crippen LogP contribution in [-0.4, -0.2) is 73.0 Å². The highest BCUT2D eigenvalue weighted by molar-refractivity contribution is 6.23. The van der Waals surface area contributed by atoms with Crippen LogP contribution in [0, 0.1) is 11.3 Å². The van der Waals surface area contributed by atoms with E-state index in [9.17, 15) is 14.4 Å². The highest BCUT2D eigenvalue weighted by atomic mass is 16.5. The van der Waals surface area contributed by atoms with Crippen molar-refractivity contribution in [2.45, 2.75) is 19.4 Å². The van der Waals surface area contributed by atoms with Crippen LogP contribution in [0.5, 0.6) is 0 Å². The molecule has 1 aromatic rings. The lowest BCUT2D eigenvalue weighted by Gasteiger charge is -2.31. The first kappa shape index (κ1) is 19.0. The maximum Gasteiger partial charge on any atom is 0.257 e. The molecule has 142 valence electrons. The van der Waals surface area contributed by atoms with Gasteiger partial charge < -0.3 is 9.64 Å². The molecule has 27 heavy (non-hydrogen) atoms. The van der Waals surface area contributed by atoms with Gasteiger partial charge in [0.05, 0.1) is 37.0 Å². The second-order valence-corrected chi connectivity index (χ2v) is 6.61. The fraction of sp³-hybridized carbons (Fsp3) is 0.474. The third kappa shape index (κ3) is 4.15. The second kappa shape index (κ2) is 8.29. The van der Waals surface area contributed by atoms with Crippen molar-refractivity contribution in [3.05, 3.63) is 29.8 Å². The molecule has 3 rings (SSSR count). The summed E-state index contributed by atoms with van der Waals surface area (Å²) in [6.07, 6.45) is -0.0263. The van der Waals surface area contributed by atoms with E-state index in [4.69, 9.17) is 10.00 Å². The molecule has 2 saturated heterocycles. The number of benzene rings is 1. The Balaban J connectivity index is 1.72. The molecule has 0 aromatic heterocycles. The van der Waals surface area contributed by atoms with Gasteiger partial charge in [-0.3, -0.25) is 19.3 Å². The van der Waals surface area contributed by atoms with Gasteiger partial charge in [-0.2, -0.15) is 5.26 Å². The molecule has 2 aliphatic heterocycles. The number of amides is 3. The molecule has 8 nitrogen and oxygen atoms in total. The van der Waals surface area contributed by atoms with Crippen molar-refractivity contribution < 1.29 is 19.1 Å². The van der Waals surface area contributed by atoms with E-state index in [1.165, 1.54) is 11.8 Å². The third-order valence-corrected chi connectivity index (χ3v) is 4.92. The van der Waals surface area contributed by atoms with Crippen LogP contribution in [-0.2, 0) is 19.1 Å². The average Bonchev–Trinajstić information content (AvgIpc) is 2.97. The van der Waals surface area contributed by atoms with Gasteiger partial charge in [0.2, 0.25) is 11.8 Å². The number of ether oxygens (including phenoxy) is 1. The Labute approximate surface area is 157 Å². The van der Waals surface area contributed by atoms with Gasteiger partial charge in [0, 0.05) is 33.1 Å². The summed E-state index contributed by atoms with van der Waals surface area (Å²) in [5.41, 5.74) is 0.869. The number of carbonyl (C=O) groups is 3. The van der Waals surface area contributed by atoms with Gasteiger partial charge >= 0.3 is 0 Å². The molecule has 0 radical (unpaired) electrons. The Hall–Kier alpha value is -2.76. The number of nitriles is 1.